The highest BCUT2D eigenvalue weighted by molar-refractivity contribution is 6.00. The fourth-order valence-electron chi connectivity index (χ4n) is 2.24. The second-order valence-corrected chi connectivity index (χ2v) is 4.24. The van der Waals surface area contributed by atoms with Crippen molar-refractivity contribution in [1.82, 2.24) is 4.98 Å². The fourth-order valence-corrected chi connectivity index (χ4v) is 2.24. The Hall–Kier alpha value is -2.31. The van der Waals surface area contributed by atoms with Gasteiger partial charge in [-0.1, -0.05) is 0 Å². The molecule has 1 unspecified atom stereocenters. The summed E-state index contributed by atoms with van der Waals surface area (Å²) in [6.45, 7) is 0.638. The lowest BCUT2D eigenvalue weighted by molar-refractivity contribution is -0.119. The zero-order valence-electron chi connectivity index (χ0n) is 9.80. The topological polar surface area (TPSA) is 128 Å². The van der Waals surface area contributed by atoms with Crippen LogP contribution in [0.2, 0.25) is 0 Å². The average molecular weight is 249 g/mol. The van der Waals surface area contributed by atoms with Gasteiger partial charge in [0.2, 0.25) is 5.91 Å². The molecule has 7 heteroatoms. The summed E-state index contributed by atoms with van der Waals surface area (Å²) in [7, 11) is 0. The third-order valence-electron chi connectivity index (χ3n) is 3.06. The average Bonchev–Trinajstić information content (AvgIpc) is 2.77. The predicted molar refractivity (Wildman–Crippen MR) is 66.7 cm³/mol. The van der Waals surface area contributed by atoms with Gasteiger partial charge in [-0.3, -0.25) is 9.59 Å². The molecular weight excluding hydrogens is 234 g/mol. The van der Waals surface area contributed by atoms with Crippen molar-refractivity contribution in [3.05, 3.63) is 17.8 Å². The number of anilines is 2. The first-order valence-electron chi connectivity index (χ1n) is 5.62. The van der Waals surface area contributed by atoms with Crippen molar-refractivity contribution in [2.75, 3.05) is 17.2 Å². The molecule has 96 valence electrons. The molecule has 0 aliphatic carbocycles. The fraction of sp³-hybridized carbons (Fsp3) is 0.364. The Morgan fingerprint density at radius 2 is 2.11 bits per heavy atom. The van der Waals surface area contributed by atoms with Crippen LogP contribution in [-0.4, -0.2) is 29.4 Å². The van der Waals surface area contributed by atoms with Gasteiger partial charge in [0.25, 0.3) is 5.91 Å². The van der Waals surface area contributed by atoms with E-state index in [4.69, 9.17) is 17.2 Å². The maximum Gasteiger partial charge on any atom is 0.251 e. The number of aromatic nitrogens is 1. The Kier molecular flexibility index (Phi) is 3.05. The Balaban J connectivity index is 2.44. The zero-order chi connectivity index (χ0) is 13.3. The van der Waals surface area contributed by atoms with Crippen LogP contribution in [0, 0.1) is 0 Å². The SMILES string of the molecule is NC(=O)c1cc(N)ncc1N1CCCC1C(N)=O. The van der Waals surface area contributed by atoms with Crippen molar-refractivity contribution in [3.8, 4) is 0 Å². The molecule has 1 fully saturated rings. The van der Waals surface area contributed by atoms with Crippen LogP contribution in [0.5, 0.6) is 0 Å². The summed E-state index contributed by atoms with van der Waals surface area (Å²) < 4.78 is 0. The molecule has 6 N–H and O–H groups in total. The normalized spacial score (nSPS) is 18.9. The Bertz CT molecular complexity index is 502. The molecule has 1 aromatic rings. The van der Waals surface area contributed by atoms with Gasteiger partial charge in [-0.15, -0.1) is 0 Å². The van der Waals surface area contributed by atoms with Crippen molar-refractivity contribution in [3.63, 3.8) is 0 Å². The summed E-state index contributed by atoms with van der Waals surface area (Å²) in [6, 6.07) is 0.988. The van der Waals surface area contributed by atoms with Crippen LogP contribution in [-0.2, 0) is 4.79 Å². The van der Waals surface area contributed by atoms with E-state index < -0.39 is 17.9 Å². The van der Waals surface area contributed by atoms with Crippen molar-refractivity contribution >= 4 is 23.3 Å². The molecule has 7 nitrogen and oxygen atoms in total. The first kappa shape index (κ1) is 12.2. The van der Waals surface area contributed by atoms with Gasteiger partial charge < -0.3 is 22.1 Å². The molecule has 0 spiro atoms. The number of nitrogen functional groups attached to an aromatic ring is 1. The Morgan fingerprint density at radius 3 is 2.72 bits per heavy atom. The maximum atomic E-state index is 11.4. The predicted octanol–water partition coefficient (Wildman–Crippen LogP) is -0.783. The van der Waals surface area contributed by atoms with E-state index in [1.807, 2.05) is 0 Å². The molecule has 18 heavy (non-hydrogen) atoms. The number of nitrogens with zero attached hydrogens (tertiary/aromatic N) is 2. The molecule has 0 aromatic carbocycles. The van der Waals surface area contributed by atoms with Crippen LogP contribution >= 0.6 is 0 Å². The van der Waals surface area contributed by atoms with E-state index in [1.54, 1.807) is 4.90 Å². The van der Waals surface area contributed by atoms with Gasteiger partial charge in [-0.25, -0.2) is 4.98 Å². The van der Waals surface area contributed by atoms with E-state index >= 15 is 0 Å². The van der Waals surface area contributed by atoms with Crippen molar-refractivity contribution < 1.29 is 9.59 Å². The van der Waals surface area contributed by atoms with Gasteiger partial charge in [0.15, 0.2) is 0 Å². The number of hydrogen-bond donors (Lipinski definition) is 3. The lowest BCUT2D eigenvalue weighted by Gasteiger charge is -2.25. The number of carbonyl (C=O) groups excluding carboxylic acids is 2. The molecule has 2 heterocycles. The van der Waals surface area contributed by atoms with E-state index in [0.29, 0.717) is 18.7 Å². The molecule has 1 aliphatic rings. The number of carbonyl (C=O) groups is 2. The van der Waals surface area contributed by atoms with Crippen LogP contribution in [0.25, 0.3) is 0 Å². The van der Waals surface area contributed by atoms with Gasteiger partial charge in [0.1, 0.15) is 11.9 Å². The number of hydrogen-bond acceptors (Lipinski definition) is 5. The molecular formula is C11H15N5O2. The second-order valence-electron chi connectivity index (χ2n) is 4.24. The number of pyridine rings is 1. The highest BCUT2D eigenvalue weighted by Gasteiger charge is 2.31. The van der Waals surface area contributed by atoms with E-state index in [2.05, 4.69) is 4.98 Å². The zero-order valence-corrected chi connectivity index (χ0v) is 9.80. The second kappa shape index (κ2) is 4.52. The number of primary amides is 2. The van der Waals surface area contributed by atoms with Gasteiger partial charge in [0.05, 0.1) is 17.4 Å². The lowest BCUT2D eigenvalue weighted by Crippen LogP contribution is -2.41. The van der Waals surface area contributed by atoms with Crippen molar-refractivity contribution in [1.29, 1.82) is 0 Å². The van der Waals surface area contributed by atoms with Crippen LogP contribution in [0.4, 0.5) is 11.5 Å². The molecule has 0 saturated carbocycles. The highest BCUT2D eigenvalue weighted by atomic mass is 16.1. The van der Waals surface area contributed by atoms with E-state index in [-0.39, 0.29) is 11.4 Å². The number of nitrogens with two attached hydrogens (primary N) is 3. The molecule has 2 amide bonds. The largest absolute Gasteiger partial charge is 0.384 e. The molecule has 2 rings (SSSR count). The minimum atomic E-state index is -0.603. The minimum Gasteiger partial charge on any atom is -0.384 e. The van der Waals surface area contributed by atoms with Crippen LogP contribution in [0.15, 0.2) is 12.3 Å². The summed E-state index contributed by atoms with van der Waals surface area (Å²) in [4.78, 5) is 28.5. The van der Waals surface area contributed by atoms with Gasteiger partial charge in [0, 0.05) is 6.54 Å². The lowest BCUT2D eigenvalue weighted by atomic mass is 10.1. The third kappa shape index (κ3) is 2.06. The van der Waals surface area contributed by atoms with E-state index in [0.717, 1.165) is 6.42 Å². The minimum absolute atomic E-state index is 0.211. The van der Waals surface area contributed by atoms with Gasteiger partial charge in [-0.05, 0) is 18.9 Å². The van der Waals surface area contributed by atoms with Crippen LogP contribution in [0.3, 0.4) is 0 Å². The smallest absolute Gasteiger partial charge is 0.251 e. The Labute approximate surface area is 104 Å². The standard InChI is InChI=1S/C11H15N5O2/c12-9-4-6(10(13)17)8(5-15-9)16-3-1-2-7(16)11(14)18/h4-5,7H,1-3H2,(H2,12,15)(H2,13,17)(H2,14,18). The number of amides is 2. The van der Waals surface area contributed by atoms with E-state index in [9.17, 15) is 9.59 Å². The third-order valence-corrected chi connectivity index (χ3v) is 3.06. The first-order chi connectivity index (χ1) is 8.50. The van der Waals surface area contributed by atoms with E-state index in [1.165, 1.54) is 12.3 Å². The van der Waals surface area contributed by atoms with Gasteiger partial charge in [-0.2, -0.15) is 0 Å². The number of rotatable bonds is 3. The Morgan fingerprint density at radius 1 is 1.39 bits per heavy atom. The molecule has 0 bridgehead atoms. The summed E-state index contributed by atoms with van der Waals surface area (Å²) in [6.07, 6.45) is 2.95. The summed E-state index contributed by atoms with van der Waals surface area (Å²) in [5, 5.41) is 0. The van der Waals surface area contributed by atoms with Crippen molar-refractivity contribution in [2.45, 2.75) is 18.9 Å². The molecule has 1 aliphatic heterocycles. The first-order valence-corrected chi connectivity index (χ1v) is 5.62. The monoisotopic (exact) mass is 249 g/mol. The molecule has 1 saturated heterocycles. The highest BCUT2D eigenvalue weighted by Crippen LogP contribution is 2.28. The quantitative estimate of drug-likeness (QED) is 0.647. The van der Waals surface area contributed by atoms with Crippen LogP contribution < -0.4 is 22.1 Å². The molecule has 1 aromatic heterocycles. The summed E-state index contributed by atoms with van der Waals surface area (Å²) in [5.41, 5.74) is 16.9. The summed E-state index contributed by atoms with van der Waals surface area (Å²) >= 11 is 0. The molecule has 0 radical (unpaired) electrons. The summed E-state index contributed by atoms with van der Waals surface area (Å²) in [5.74, 6) is -0.809. The van der Waals surface area contributed by atoms with Gasteiger partial charge >= 0.3 is 0 Å². The van der Waals surface area contributed by atoms with Crippen LogP contribution in [0.1, 0.15) is 23.2 Å². The molecule has 1 atom stereocenters. The maximum absolute atomic E-state index is 11.4. The van der Waals surface area contributed by atoms with Crippen molar-refractivity contribution in [2.24, 2.45) is 11.5 Å².